The van der Waals surface area contributed by atoms with Crippen LogP contribution in [0.3, 0.4) is 0 Å². The van der Waals surface area contributed by atoms with E-state index in [0.29, 0.717) is 13.0 Å². The zero-order valence-electron chi connectivity index (χ0n) is 13.1. The van der Waals surface area contributed by atoms with Crippen LogP contribution in [0.5, 0.6) is 0 Å². The number of rotatable bonds is 5. The van der Waals surface area contributed by atoms with Crippen LogP contribution in [0.15, 0.2) is 29.4 Å². The minimum absolute atomic E-state index is 0.124. The van der Waals surface area contributed by atoms with Crippen molar-refractivity contribution >= 4 is 11.6 Å². The van der Waals surface area contributed by atoms with E-state index in [2.05, 4.69) is 27.5 Å². The molecule has 1 aromatic carbocycles. The number of hydrogen-bond acceptors (Lipinski definition) is 4. The maximum absolute atomic E-state index is 12.2. The van der Waals surface area contributed by atoms with Crippen molar-refractivity contribution in [2.75, 3.05) is 14.1 Å². The summed E-state index contributed by atoms with van der Waals surface area (Å²) in [4.78, 5) is 19.6. The molecule has 2 rings (SSSR count). The van der Waals surface area contributed by atoms with E-state index in [0.717, 1.165) is 17.8 Å². The Labute approximate surface area is 126 Å². The molecule has 5 heteroatoms. The molecule has 1 atom stereocenters. The summed E-state index contributed by atoms with van der Waals surface area (Å²) in [5.41, 5.74) is 2.29. The Kier molecular flexibility index (Phi) is 4.63. The van der Waals surface area contributed by atoms with Gasteiger partial charge < -0.3 is 15.1 Å². The molecule has 1 heterocycles. The van der Waals surface area contributed by atoms with Gasteiger partial charge in [0.05, 0.1) is 5.71 Å². The molecule has 1 unspecified atom stereocenters. The Balaban J connectivity index is 1.92. The highest BCUT2D eigenvalue weighted by molar-refractivity contribution is 5.94. The fraction of sp³-hybridized carbons (Fsp3) is 0.500. The average Bonchev–Trinajstić information content (AvgIpc) is 2.77. The molecule has 1 aromatic rings. The van der Waals surface area contributed by atoms with Crippen molar-refractivity contribution in [3.05, 3.63) is 35.4 Å². The van der Waals surface area contributed by atoms with Gasteiger partial charge in [0, 0.05) is 19.5 Å². The summed E-state index contributed by atoms with van der Waals surface area (Å²) in [5.74, 6) is -0.124. The number of hydrogen-bond donors (Lipinski definition) is 1. The van der Waals surface area contributed by atoms with Gasteiger partial charge in [0.2, 0.25) is 5.60 Å². The van der Waals surface area contributed by atoms with Gasteiger partial charge in [-0.2, -0.15) is 0 Å². The number of benzene rings is 1. The van der Waals surface area contributed by atoms with Gasteiger partial charge in [0.25, 0.3) is 5.91 Å². The lowest BCUT2D eigenvalue weighted by Gasteiger charge is -2.20. The van der Waals surface area contributed by atoms with Crippen molar-refractivity contribution < 1.29 is 9.63 Å². The first-order valence-electron chi connectivity index (χ1n) is 7.11. The Morgan fingerprint density at radius 2 is 2.14 bits per heavy atom. The van der Waals surface area contributed by atoms with Crippen LogP contribution in [-0.2, 0) is 22.7 Å². The lowest BCUT2D eigenvalue weighted by molar-refractivity contribution is -0.141. The quantitative estimate of drug-likeness (QED) is 0.901. The Morgan fingerprint density at radius 1 is 1.43 bits per heavy atom. The number of oxime groups is 1. The molecule has 0 aliphatic carbocycles. The van der Waals surface area contributed by atoms with Gasteiger partial charge in [-0.15, -0.1) is 0 Å². The van der Waals surface area contributed by atoms with Crippen molar-refractivity contribution in [1.82, 2.24) is 10.2 Å². The van der Waals surface area contributed by atoms with Gasteiger partial charge in [-0.25, -0.2) is 0 Å². The highest BCUT2D eigenvalue weighted by atomic mass is 16.7. The van der Waals surface area contributed by atoms with Gasteiger partial charge in [-0.05, 0) is 39.1 Å². The first-order valence-corrected chi connectivity index (χ1v) is 7.11. The SMILES string of the molecule is CC1=NOC(C)(C(=O)NCc2cccc(CN(C)C)c2)C1. The normalized spacial score (nSPS) is 21.1. The van der Waals surface area contributed by atoms with Crippen LogP contribution in [0.1, 0.15) is 31.4 Å². The van der Waals surface area contributed by atoms with Crippen LogP contribution < -0.4 is 5.32 Å². The molecule has 5 nitrogen and oxygen atoms in total. The molecular weight excluding hydrogens is 266 g/mol. The van der Waals surface area contributed by atoms with Crippen molar-refractivity contribution in [2.24, 2.45) is 5.16 Å². The smallest absolute Gasteiger partial charge is 0.267 e. The van der Waals surface area contributed by atoms with Gasteiger partial charge in [-0.3, -0.25) is 4.79 Å². The molecule has 1 N–H and O–H groups in total. The van der Waals surface area contributed by atoms with E-state index in [4.69, 9.17) is 4.84 Å². The van der Waals surface area contributed by atoms with Crippen LogP contribution in [0.25, 0.3) is 0 Å². The molecule has 114 valence electrons. The first-order chi connectivity index (χ1) is 9.89. The molecule has 21 heavy (non-hydrogen) atoms. The Bertz CT molecular complexity index is 554. The summed E-state index contributed by atoms with van der Waals surface area (Å²) in [5, 5.41) is 6.79. The Hall–Kier alpha value is -1.88. The topological polar surface area (TPSA) is 53.9 Å². The van der Waals surface area contributed by atoms with Crippen molar-refractivity contribution in [2.45, 2.75) is 39.0 Å². The third kappa shape index (κ3) is 4.04. The lowest BCUT2D eigenvalue weighted by atomic mass is 9.99. The third-order valence-corrected chi connectivity index (χ3v) is 3.42. The minimum Gasteiger partial charge on any atom is -0.379 e. The summed E-state index contributed by atoms with van der Waals surface area (Å²) in [7, 11) is 4.07. The number of carbonyl (C=O) groups is 1. The summed E-state index contributed by atoms with van der Waals surface area (Å²) >= 11 is 0. The maximum Gasteiger partial charge on any atom is 0.267 e. The molecule has 1 amide bonds. The molecule has 0 saturated heterocycles. The second kappa shape index (κ2) is 6.26. The van der Waals surface area contributed by atoms with Gasteiger partial charge in [0.1, 0.15) is 0 Å². The summed E-state index contributed by atoms with van der Waals surface area (Å²) in [6.07, 6.45) is 0.541. The van der Waals surface area contributed by atoms with E-state index in [-0.39, 0.29) is 5.91 Å². The molecule has 0 fully saturated rings. The molecule has 0 bridgehead atoms. The van der Waals surface area contributed by atoms with E-state index >= 15 is 0 Å². The van der Waals surface area contributed by atoms with Crippen LogP contribution in [0.2, 0.25) is 0 Å². The molecule has 0 radical (unpaired) electrons. The number of nitrogens with zero attached hydrogens (tertiary/aromatic N) is 2. The zero-order valence-corrected chi connectivity index (χ0v) is 13.1. The standard InChI is InChI=1S/C16H23N3O2/c1-12-9-16(2,21-18-12)15(20)17-10-13-6-5-7-14(8-13)11-19(3)4/h5-8H,9-11H2,1-4H3,(H,17,20). The van der Waals surface area contributed by atoms with Crippen LogP contribution in [-0.4, -0.2) is 36.2 Å². The fourth-order valence-electron chi connectivity index (χ4n) is 2.43. The molecule has 0 saturated carbocycles. The molecule has 0 spiro atoms. The second-order valence-electron chi connectivity index (χ2n) is 6.07. The highest BCUT2D eigenvalue weighted by Gasteiger charge is 2.40. The summed E-state index contributed by atoms with van der Waals surface area (Å²) < 4.78 is 0. The Morgan fingerprint density at radius 3 is 2.76 bits per heavy atom. The molecule has 1 aliphatic heterocycles. The van der Waals surface area contributed by atoms with Gasteiger partial charge >= 0.3 is 0 Å². The number of amides is 1. The van der Waals surface area contributed by atoms with Crippen molar-refractivity contribution in [3.8, 4) is 0 Å². The maximum atomic E-state index is 12.2. The van der Waals surface area contributed by atoms with Crippen LogP contribution in [0.4, 0.5) is 0 Å². The van der Waals surface area contributed by atoms with E-state index in [1.165, 1.54) is 5.56 Å². The average molecular weight is 289 g/mol. The third-order valence-electron chi connectivity index (χ3n) is 3.42. The molecule has 0 aromatic heterocycles. The molecule has 1 aliphatic rings. The summed E-state index contributed by atoms with van der Waals surface area (Å²) in [6.45, 7) is 5.02. The lowest BCUT2D eigenvalue weighted by Crippen LogP contribution is -2.44. The predicted octanol–water partition coefficient (Wildman–Crippen LogP) is 1.92. The first kappa shape index (κ1) is 15.5. The van der Waals surface area contributed by atoms with E-state index < -0.39 is 5.60 Å². The monoisotopic (exact) mass is 289 g/mol. The van der Waals surface area contributed by atoms with E-state index in [1.807, 2.05) is 33.2 Å². The van der Waals surface area contributed by atoms with Crippen LogP contribution >= 0.6 is 0 Å². The van der Waals surface area contributed by atoms with Crippen molar-refractivity contribution in [1.29, 1.82) is 0 Å². The predicted molar refractivity (Wildman–Crippen MR) is 82.9 cm³/mol. The van der Waals surface area contributed by atoms with Gasteiger partial charge in [0.15, 0.2) is 0 Å². The fourth-order valence-corrected chi connectivity index (χ4v) is 2.43. The van der Waals surface area contributed by atoms with E-state index in [1.54, 1.807) is 6.92 Å². The second-order valence-corrected chi connectivity index (χ2v) is 6.07. The summed E-state index contributed by atoms with van der Waals surface area (Å²) in [6, 6.07) is 8.23. The number of nitrogens with one attached hydrogen (secondary N) is 1. The zero-order chi connectivity index (χ0) is 15.5. The molecular formula is C16H23N3O2. The largest absolute Gasteiger partial charge is 0.379 e. The van der Waals surface area contributed by atoms with E-state index in [9.17, 15) is 4.79 Å². The van der Waals surface area contributed by atoms with Crippen LogP contribution in [0, 0.1) is 0 Å². The van der Waals surface area contributed by atoms with Gasteiger partial charge in [-0.1, -0.05) is 29.4 Å². The minimum atomic E-state index is -0.870. The van der Waals surface area contributed by atoms with Crippen molar-refractivity contribution in [3.63, 3.8) is 0 Å². The highest BCUT2D eigenvalue weighted by Crippen LogP contribution is 2.23. The number of carbonyl (C=O) groups excluding carboxylic acids is 1.